The summed E-state index contributed by atoms with van der Waals surface area (Å²) in [6.07, 6.45) is -2.01. The molecule has 0 aliphatic heterocycles. The largest absolute Gasteiger partial charge is 0.410 e. The molecule has 8 heteroatoms. The number of fused-ring (bicyclic) bond motifs is 1. The van der Waals surface area contributed by atoms with Gasteiger partial charge in [0, 0.05) is 6.20 Å². The normalized spacial score (nSPS) is 13.5. The Balaban J connectivity index is 2.25. The number of rotatable bonds is 3. The molecule has 1 unspecified atom stereocenters. The van der Waals surface area contributed by atoms with Crippen LogP contribution in [0, 0.1) is 0 Å². The number of hydrogen-bond donors (Lipinski definition) is 2. The molecular weight excluding hydrogens is 263 g/mol. The molecule has 2 aromatic rings. The van der Waals surface area contributed by atoms with Gasteiger partial charge in [-0.05, 0) is 12.1 Å². The van der Waals surface area contributed by atoms with Crippen LogP contribution in [0.1, 0.15) is 10.5 Å². The van der Waals surface area contributed by atoms with Gasteiger partial charge >= 0.3 is 6.18 Å². The van der Waals surface area contributed by atoms with Crippen molar-refractivity contribution in [2.45, 2.75) is 12.2 Å². The van der Waals surface area contributed by atoms with Crippen LogP contribution in [0.3, 0.4) is 0 Å². The highest BCUT2D eigenvalue weighted by Gasteiger charge is 2.40. The molecule has 102 valence electrons. The van der Waals surface area contributed by atoms with Gasteiger partial charge in [0.15, 0.2) is 0 Å². The second-order valence-electron chi connectivity index (χ2n) is 3.82. The topological polar surface area (TPSA) is 66.6 Å². The number of aliphatic hydroxyl groups is 1. The molecule has 0 saturated heterocycles. The number of aromatic nitrogens is 2. The third-order valence-corrected chi connectivity index (χ3v) is 2.53. The zero-order valence-corrected chi connectivity index (χ0v) is 9.55. The Hall–Kier alpha value is -2.09. The Morgan fingerprint density at radius 1 is 1.47 bits per heavy atom. The number of hydrogen-bond acceptors (Lipinski definition) is 3. The molecule has 2 heterocycles. The highest BCUT2D eigenvalue weighted by atomic mass is 19.4. The zero-order valence-electron chi connectivity index (χ0n) is 9.55. The van der Waals surface area contributed by atoms with E-state index in [0.717, 1.165) is 0 Å². The first-order chi connectivity index (χ1) is 8.93. The zero-order chi connectivity index (χ0) is 14.0. The fraction of sp³-hybridized carbons (Fsp3) is 0.273. The Bertz CT molecular complexity index is 594. The monoisotopic (exact) mass is 273 g/mol. The minimum absolute atomic E-state index is 0.0294. The lowest BCUT2D eigenvalue weighted by Crippen LogP contribution is -2.48. The number of aliphatic hydroxyl groups excluding tert-OH is 1. The highest BCUT2D eigenvalue weighted by Crippen LogP contribution is 2.20. The Kier molecular flexibility index (Phi) is 3.43. The minimum Gasteiger partial charge on any atom is -0.394 e. The second-order valence-corrected chi connectivity index (χ2v) is 3.82. The first-order valence-corrected chi connectivity index (χ1v) is 5.34. The van der Waals surface area contributed by atoms with Gasteiger partial charge in [-0.1, -0.05) is 6.07 Å². The number of carbonyl (C=O) groups excluding carboxylic acids is 1. The molecule has 0 aliphatic carbocycles. The molecule has 0 spiro atoms. The van der Waals surface area contributed by atoms with Crippen LogP contribution in [0.2, 0.25) is 0 Å². The Morgan fingerprint density at radius 2 is 2.21 bits per heavy atom. The van der Waals surface area contributed by atoms with Crippen molar-refractivity contribution in [1.82, 2.24) is 14.7 Å². The summed E-state index contributed by atoms with van der Waals surface area (Å²) in [6.45, 7) is -1.22. The lowest BCUT2D eigenvalue weighted by Gasteiger charge is -2.18. The van der Waals surface area contributed by atoms with Gasteiger partial charge in [0.2, 0.25) is 0 Å². The quantitative estimate of drug-likeness (QED) is 0.876. The molecule has 0 aliphatic rings. The predicted molar refractivity (Wildman–Crippen MR) is 59.6 cm³/mol. The van der Waals surface area contributed by atoms with E-state index in [9.17, 15) is 18.0 Å². The van der Waals surface area contributed by atoms with Gasteiger partial charge in [-0.3, -0.25) is 9.20 Å². The number of pyridine rings is 1. The molecule has 0 bridgehead atoms. The van der Waals surface area contributed by atoms with Crippen molar-refractivity contribution >= 4 is 11.6 Å². The third-order valence-electron chi connectivity index (χ3n) is 2.53. The summed E-state index contributed by atoms with van der Waals surface area (Å²) in [4.78, 5) is 15.6. The number of amides is 1. The molecule has 5 nitrogen and oxygen atoms in total. The van der Waals surface area contributed by atoms with E-state index in [2.05, 4.69) is 4.98 Å². The van der Waals surface area contributed by atoms with Crippen molar-refractivity contribution in [1.29, 1.82) is 0 Å². The van der Waals surface area contributed by atoms with Crippen molar-refractivity contribution in [2.75, 3.05) is 6.61 Å². The summed E-state index contributed by atoms with van der Waals surface area (Å²) in [6, 6.07) is 2.63. The number of nitrogens with zero attached hydrogens (tertiary/aromatic N) is 2. The van der Waals surface area contributed by atoms with Crippen molar-refractivity contribution in [2.24, 2.45) is 0 Å². The average Bonchev–Trinajstić information content (AvgIpc) is 2.78. The smallest absolute Gasteiger partial charge is 0.394 e. The SMILES string of the molecule is O=C(NC(CO)C(F)(F)F)c1cnc2ccccn12. The van der Waals surface area contributed by atoms with Crippen LogP contribution in [-0.4, -0.2) is 39.2 Å². The van der Waals surface area contributed by atoms with Crippen LogP contribution in [-0.2, 0) is 0 Å². The van der Waals surface area contributed by atoms with Crippen molar-refractivity contribution in [3.05, 3.63) is 36.3 Å². The molecular formula is C11H10F3N3O2. The lowest BCUT2D eigenvalue weighted by atomic mass is 10.3. The molecule has 0 aromatic carbocycles. The average molecular weight is 273 g/mol. The Labute approximate surface area is 105 Å². The van der Waals surface area contributed by atoms with Crippen molar-refractivity contribution in [3.8, 4) is 0 Å². The van der Waals surface area contributed by atoms with E-state index in [4.69, 9.17) is 5.11 Å². The van der Waals surface area contributed by atoms with E-state index in [1.807, 2.05) is 0 Å². The maximum atomic E-state index is 12.4. The molecule has 1 atom stereocenters. The number of nitrogens with one attached hydrogen (secondary N) is 1. The third kappa shape index (κ3) is 2.68. The van der Waals surface area contributed by atoms with Crippen LogP contribution in [0.5, 0.6) is 0 Å². The van der Waals surface area contributed by atoms with Crippen molar-refractivity contribution < 1.29 is 23.1 Å². The summed E-state index contributed by atoms with van der Waals surface area (Å²) in [5, 5.41) is 10.4. The Morgan fingerprint density at radius 3 is 2.84 bits per heavy atom. The highest BCUT2D eigenvalue weighted by molar-refractivity contribution is 5.93. The van der Waals surface area contributed by atoms with E-state index >= 15 is 0 Å². The van der Waals surface area contributed by atoms with E-state index in [1.54, 1.807) is 23.5 Å². The summed E-state index contributed by atoms with van der Waals surface area (Å²) in [5.74, 6) is -0.949. The fourth-order valence-corrected chi connectivity index (χ4v) is 1.56. The number of imidazole rings is 1. The van der Waals surface area contributed by atoms with Gasteiger partial charge in [0.05, 0.1) is 12.8 Å². The number of halogens is 3. The van der Waals surface area contributed by atoms with Gasteiger partial charge < -0.3 is 10.4 Å². The summed E-state index contributed by atoms with van der Waals surface area (Å²) < 4.78 is 38.7. The summed E-state index contributed by atoms with van der Waals surface area (Å²) in [7, 11) is 0. The second kappa shape index (κ2) is 4.88. The van der Waals surface area contributed by atoms with E-state index in [0.29, 0.717) is 5.65 Å². The van der Waals surface area contributed by atoms with Crippen LogP contribution < -0.4 is 5.32 Å². The van der Waals surface area contributed by atoms with Crippen LogP contribution in [0.25, 0.3) is 5.65 Å². The van der Waals surface area contributed by atoms with Crippen molar-refractivity contribution in [3.63, 3.8) is 0 Å². The molecule has 2 N–H and O–H groups in total. The summed E-state index contributed by atoms with van der Waals surface area (Å²) in [5.41, 5.74) is 0.415. The predicted octanol–water partition coefficient (Wildman–Crippen LogP) is 0.987. The number of alkyl halides is 3. The first-order valence-electron chi connectivity index (χ1n) is 5.34. The van der Waals surface area contributed by atoms with Crippen LogP contribution in [0.4, 0.5) is 13.2 Å². The fourth-order valence-electron chi connectivity index (χ4n) is 1.56. The lowest BCUT2D eigenvalue weighted by molar-refractivity contribution is -0.161. The molecule has 2 aromatic heterocycles. The molecule has 0 fully saturated rings. The maximum absolute atomic E-state index is 12.4. The number of carbonyl (C=O) groups is 1. The van der Waals surface area contributed by atoms with E-state index < -0.39 is 24.7 Å². The van der Waals surface area contributed by atoms with Gasteiger partial charge in [-0.2, -0.15) is 13.2 Å². The molecule has 0 saturated carbocycles. The van der Waals surface area contributed by atoms with Gasteiger partial charge in [0.25, 0.3) is 5.91 Å². The van der Waals surface area contributed by atoms with Crippen LogP contribution >= 0.6 is 0 Å². The summed E-state index contributed by atoms with van der Waals surface area (Å²) >= 11 is 0. The minimum atomic E-state index is -4.70. The maximum Gasteiger partial charge on any atom is 0.410 e. The van der Waals surface area contributed by atoms with Gasteiger partial charge in [0.1, 0.15) is 17.4 Å². The molecule has 2 rings (SSSR count). The first kappa shape index (κ1) is 13.3. The molecule has 1 amide bonds. The van der Waals surface area contributed by atoms with E-state index in [1.165, 1.54) is 16.8 Å². The van der Waals surface area contributed by atoms with Gasteiger partial charge in [-0.15, -0.1) is 0 Å². The van der Waals surface area contributed by atoms with E-state index in [-0.39, 0.29) is 5.69 Å². The van der Waals surface area contributed by atoms with Gasteiger partial charge in [-0.25, -0.2) is 4.98 Å². The van der Waals surface area contributed by atoms with Crippen LogP contribution in [0.15, 0.2) is 30.6 Å². The molecule has 19 heavy (non-hydrogen) atoms. The standard InChI is InChI=1S/C11H10F3N3O2/c12-11(13,14)8(6-18)16-10(19)7-5-15-9-3-1-2-4-17(7)9/h1-5,8,18H,6H2,(H,16,19). The molecule has 0 radical (unpaired) electrons.